The minimum atomic E-state index is -1.11. The van der Waals surface area contributed by atoms with Crippen molar-refractivity contribution in [2.75, 3.05) is 6.61 Å². The van der Waals surface area contributed by atoms with Crippen LogP contribution in [0, 0.1) is 11.8 Å². The fraction of sp³-hybridized carbons (Fsp3) is 0.214. The average molecular weight is 697 g/mol. The maximum absolute atomic E-state index is 14.0. The van der Waals surface area contributed by atoms with Gasteiger partial charge in [-0.3, -0.25) is 14.2 Å². The number of ether oxygens (including phenoxy) is 3. The van der Waals surface area contributed by atoms with Crippen molar-refractivity contribution in [3.8, 4) is 11.8 Å². The number of aryl methyl sites for hydroxylation is 1. The molecular formula is C42H36N2O8. The van der Waals surface area contributed by atoms with Gasteiger partial charge in [-0.2, -0.15) is 4.57 Å². The molecule has 1 saturated heterocycles. The third-order valence-corrected chi connectivity index (χ3v) is 8.57. The first-order valence-corrected chi connectivity index (χ1v) is 17.0. The second kappa shape index (κ2) is 17.1. The van der Waals surface area contributed by atoms with E-state index in [0.717, 1.165) is 23.8 Å². The summed E-state index contributed by atoms with van der Waals surface area (Å²) in [5, 5.41) is 0. The predicted octanol–water partition coefficient (Wildman–Crippen LogP) is 5.83. The molecule has 6 rings (SSSR count). The van der Waals surface area contributed by atoms with Gasteiger partial charge in [-0.05, 0) is 61.2 Å². The number of esters is 2. The van der Waals surface area contributed by atoms with Gasteiger partial charge in [-0.15, -0.1) is 0 Å². The Labute approximate surface area is 300 Å². The number of hydrogen-bond donors (Lipinski definition) is 0. The van der Waals surface area contributed by atoms with Crippen molar-refractivity contribution >= 4 is 17.8 Å². The molecule has 1 aromatic heterocycles. The minimum absolute atomic E-state index is 0.0455. The van der Waals surface area contributed by atoms with Crippen molar-refractivity contribution in [3.63, 3.8) is 0 Å². The van der Waals surface area contributed by atoms with E-state index in [1.165, 1.54) is 23.9 Å². The van der Waals surface area contributed by atoms with Gasteiger partial charge >= 0.3 is 17.6 Å². The Kier molecular flexibility index (Phi) is 11.7. The molecule has 262 valence electrons. The second-order valence-corrected chi connectivity index (χ2v) is 12.2. The van der Waals surface area contributed by atoms with Gasteiger partial charge in [0, 0.05) is 24.6 Å². The van der Waals surface area contributed by atoms with Gasteiger partial charge < -0.3 is 14.2 Å². The lowest BCUT2D eigenvalue weighted by molar-refractivity contribution is -0.0584. The number of carbonyl (C=O) groups is 3. The Balaban J connectivity index is 1.29. The van der Waals surface area contributed by atoms with Gasteiger partial charge in [0.1, 0.15) is 30.6 Å². The van der Waals surface area contributed by atoms with Crippen LogP contribution in [0.1, 0.15) is 74.1 Å². The first-order chi connectivity index (χ1) is 25.4. The molecule has 1 aliphatic heterocycles. The molecular weight excluding hydrogens is 660 g/mol. The van der Waals surface area contributed by atoms with E-state index in [1.54, 1.807) is 78.9 Å². The van der Waals surface area contributed by atoms with Crippen molar-refractivity contribution in [3.05, 3.63) is 176 Å². The SMILES string of the molecule is O=C(OC[C@H]1O[C@@H](n2cc(C#CCCCCc3ccccc3)c(=O)n(C(=O)c3ccccc3)c2=O)CC1OC(=O)c1ccccc1)c1ccccc1. The Morgan fingerprint density at radius 3 is 1.94 bits per heavy atom. The van der Waals surface area contributed by atoms with Crippen LogP contribution in [0.2, 0.25) is 0 Å². The van der Waals surface area contributed by atoms with Gasteiger partial charge in [0.05, 0.1) is 11.1 Å². The maximum Gasteiger partial charge on any atom is 0.340 e. The zero-order valence-corrected chi connectivity index (χ0v) is 28.3. The van der Waals surface area contributed by atoms with Gasteiger partial charge in [0.25, 0.3) is 11.5 Å². The molecule has 52 heavy (non-hydrogen) atoms. The summed E-state index contributed by atoms with van der Waals surface area (Å²) in [7, 11) is 0. The number of unbranched alkanes of at least 4 members (excludes halogenated alkanes) is 2. The summed E-state index contributed by atoms with van der Waals surface area (Å²) in [6.45, 7) is -0.302. The molecule has 0 amide bonds. The van der Waals surface area contributed by atoms with E-state index in [9.17, 15) is 24.0 Å². The van der Waals surface area contributed by atoms with Crippen LogP contribution >= 0.6 is 0 Å². The van der Waals surface area contributed by atoms with E-state index >= 15 is 0 Å². The maximum atomic E-state index is 14.0. The summed E-state index contributed by atoms with van der Waals surface area (Å²) >= 11 is 0. The van der Waals surface area contributed by atoms with Gasteiger partial charge in [-0.1, -0.05) is 96.8 Å². The molecule has 0 bridgehead atoms. The minimum Gasteiger partial charge on any atom is -0.459 e. The van der Waals surface area contributed by atoms with E-state index in [2.05, 4.69) is 24.0 Å². The Hall–Kier alpha value is -6.31. The van der Waals surface area contributed by atoms with E-state index in [4.69, 9.17) is 14.2 Å². The highest BCUT2D eigenvalue weighted by Crippen LogP contribution is 2.31. The van der Waals surface area contributed by atoms with Crippen molar-refractivity contribution in [1.82, 2.24) is 9.13 Å². The molecule has 0 saturated carbocycles. The largest absolute Gasteiger partial charge is 0.459 e. The van der Waals surface area contributed by atoms with Gasteiger partial charge in [0.2, 0.25) is 0 Å². The van der Waals surface area contributed by atoms with E-state index in [1.807, 2.05) is 18.2 Å². The molecule has 0 radical (unpaired) electrons. The number of rotatable bonds is 11. The third-order valence-electron chi connectivity index (χ3n) is 8.57. The molecule has 5 aromatic rings. The molecule has 0 aliphatic carbocycles. The quantitative estimate of drug-likeness (QED) is 0.0961. The summed E-state index contributed by atoms with van der Waals surface area (Å²) in [6.07, 6.45) is 1.23. The van der Waals surface area contributed by atoms with Gasteiger partial charge in [0.15, 0.2) is 0 Å². The lowest BCUT2D eigenvalue weighted by Gasteiger charge is -2.19. The predicted molar refractivity (Wildman–Crippen MR) is 193 cm³/mol. The van der Waals surface area contributed by atoms with Crippen molar-refractivity contribution in [1.29, 1.82) is 0 Å². The average Bonchev–Trinajstić information content (AvgIpc) is 3.59. The number of nitrogens with zero attached hydrogens (tertiary/aromatic N) is 2. The smallest absolute Gasteiger partial charge is 0.340 e. The van der Waals surface area contributed by atoms with Crippen LogP contribution in [0.25, 0.3) is 0 Å². The van der Waals surface area contributed by atoms with Crippen LogP contribution in [0.15, 0.2) is 137 Å². The van der Waals surface area contributed by atoms with Crippen LogP contribution < -0.4 is 11.2 Å². The van der Waals surface area contributed by atoms with Crippen molar-refractivity contribution in [2.45, 2.75) is 50.5 Å². The van der Waals surface area contributed by atoms with Crippen molar-refractivity contribution in [2.24, 2.45) is 0 Å². The van der Waals surface area contributed by atoms with Gasteiger partial charge in [-0.25, -0.2) is 14.4 Å². The molecule has 3 atom stereocenters. The highest BCUT2D eigenvalue weighted by molar-refractivity contribution is 5.95. The Morgan fingerprint density at radius 1 is 0.731 bits per heavy atom. The molecule has 0 spiro atoms. The van der Waals surface area contributed by atoms with E-state index < -0.39 is 47.5 Å². The number of aromatic nitrogens is 2. The molecule has 1 fully saturated rings. The van der Waals surface area contributed by atoms with E-state index in [0.29, 0.717) is 22.1 Å². The molecule has 0 N–H and O–H groups in total. The molecule has 10 nitrogen and oxygen atoms in total. The number of hydrogen-bond acceptors (Lipinski definition) is 8. The summed E-state index contributed by atoms with van der Waals surface area (Å²) < 4.78 is 19.3. The topological polar surface area (TPSA) is 123 Å². The van der Waals surface area contributed by atoms with Crippen LogP contribution in [0.4, 0.5) is 0 Å². The lowest BCUT2D eigenvalue weighted by atomic mass is 10.1. The molecule has 1 aliphatic rings. The van der Waals surface area contributed by atoms with E-state index in [-0.39, 0.29) is 24.2 Å². The zero-order valence-electron chi connectivity index (χ0n) is 28.3. The second-order valence-electron chi connectivity index (χ2n) is 12.2. The fourth-order valence-electron chi connectivity index (χ4n) is 5.84. The molecule has 1 unspecified atom stereocenters. The lowest BCUT2D eigenvalue weighted by Crippen LogP contribution is -2.45. The normalized spacial score (nSPS) is 16.3. The highest BCUT2D eigenvalue weighted by Gasteiger charge is 2.41. The fourth-order valence-corrected chi connectivity index (χ4v) is 5.84. The summed E-state index contributed by atoms with van der Waals surface area (Å²) in [4.78, 5) is 67.2. The molecule has 10 heteroatoms. The van der Waals surface area contributed by atoms with Crippen LogP contribution in [-0.4, -0.2) is 45.8 Å². The summed E-state index contributed by atoms with van der Waals surface area (Å²) in [6, 6.07) is 34.8. The Bertz CT molecular complexity index is 2190. The molecule has 4 aromatic carbocycles. The monoisotopic (exact) mass is 696 g/mol. The zero-order chi connectivity index (χ0) is 36.3. The van der Waals surface area contributed by atoms with Crippen LogP contribution in [0.3, 0.4) is 0 Å². The first-order valence-electron chi connectivity index (χ1n) is 17.0. The van der Waals surface area contributed by atoms with Crippen LogP contribution in [0.5, 0.6) is 0 Å². The van der Waals surface area contributed by atoms with Crippen LogP contribution in [-0.2, 0) is 20.6 Å². The number of benzene rings is 4. The first kappa shape index (κ1) is 35.5. The standard InChI is InChI=1S/C42H36N2O8/c45-38(31-20-11-4-12-21-31)44-39(46)34(26-10-2-1-7-17-30-18-8-3-9-19-30)28-43(42(44)49)37-27-35(52-41(48)33-24-15-6-16-25-33)36(51-37)29-50-40(47)32-22-13-5-14-23-32/h3-6,8-9,11-16,18-25,28,35-37H,1-2,7,17,27,29H2/t35?,36-,37-/m1/s1. The van der Waals surface area contributed by atoms with Crippen molar-refractivity contribution < 1.29 is 28.6 Å². The summed E-state index contributed by atoms with van der Waals surface area (Å²) in [5.74, 6) is 3.83. The highest BCUT2D eigenvalue weighted by atomic mass is 16.6. The molecule has 2 heterocycles. The summed E-state index contributed by atoms with van der Waals surface area (Å²) in [5.41, 5.74) is 0.0894. The Morgan fingerprint density at radius 2 is 1.31 bits per heavy atom. The number of carbonyl (C=O) groups excluding carboxylic acids is 3. The third kappa shape index (κ3) is 8.70.